The minimum absolute atomic E-state index is 0.0165. The van der Waals surface area contributed by atoms with Gasteiger partial charge in [0.05, 0.1) is 11.4 Å². The summed E-state index contributed by atoms with van der Waals surface area (Å²) in [4.78, 5) is 5.54. The number of anilines is 6. The van der Waals surface area contributed by atoms with Crippen LogP contribution >= 0.6 is 22.7 Å². The highest BCUT2D eigenvalue weighted by molar-refractivity contribution is 7.34. The van der Waals surface area contributed by atoms with Crippen molar-refractivity contribution < 1.29 is 0 Å². The summed E-state index contributed by atoms with van der Waals surface area (Å²) in [5.74, 6) is 0.444. The zero-order valence-electron chi connectivity index (χ0n) is 48.6. The van der Waals surface area contributed by atoms with E-state index in [9.17, 15) is 0 Å². The van der Waals surface area contributed by atoms with Gasteiger partial charge in [-0.15, -0.1) is 22.7 Å². The van der Waals surface area contributed by atoms with Crippen molar-refractivity contribution in [1.82, 2.24) is 0 Å². The monoisotopic (exact) mass is 1040 g/mol. The largest absolute Gasteiger partial charge is 0.311 e. The minimum atomic E-state index is 0.0165. The predicted octanol–water partition coefficient (Wildman–Crippen LogP) is 19.5. The van der Waals surface area contributed by atoms with E-state index in [-0.39, 0.29) is 39.2 Å². The number of benzene rings is 7. The lowest BCUT2D eigenvalue weighted by Gasteiger charge is -2.46. The first-order chi connectivity index (χ1) is 36.3. The topological polar surface area (TPSA) is 6.48 Å². The van der Waals surface area contributed by atoms with Crippen LogP contribution in [0.15, 0.2) is 115 Å². The average molecular weight is 1050 g/mol. The normalized spacial score (nSPS) is 19.7. The summed E-state index contributed by atoms with van der Waals surface area (Å²) in [6.07, 6.45) is 7.09. The fraction of sp³-hybridized carbons (Fsp3) is 0.389. The third-order valence-corrected chi connectivity index (χ3v) is 22.8. The van der Waals surface area contributed by atoms with Gasteiger partial charge in [0.15, 0.2) is 0 Å². The molecule has 2 aromatic heterocycles. The van der Waals surface area contributed by atoms with Crippen molar-refractivity contribution in [3.05, 3.63) is 160 Å². The van der Waals surface area contributed by atoms with Crippen molar-refractivity contribution >= 4 is 109 Å². The Labute approximate surface area is 468 Å². The van der Waals surface area contributed by atoms with Crippen LogP contribution in [0, 0.1) is 6.92 Å². The lowest BCUT2D eigenvalue weighted by molar-refractivity contribution is 0.332. The molecule has 0 fully saturated rings. The molecule has 0 saturated heterocycles. The molecule has 14 rings (SSSR count). The SMILES string of the molecule is Cc1cc2c3c(c1)N(c1ccc4c(c1)C(C)(C)CCC4(C)C)c1c(sc4cc5c(cc14)C(C)(C)CCC5(C)C)B3c1cc3sc4ccc(C(C)C)cc4c3cc1N2c1cc2c(cc1-c1ccccc1)C(C)(C)CCC2(C)C. The molecule has 4 heterocycles. The molecule has 2 aliphatic heterocycles. The quantitative estimate of drug-likeness (QED) is 0.162. The van der Waals surface area contributed by atoms with E-state index >= 15 is 0 Å². The third kappa shape index (κ3) is 7.23. The summed E-state index contributed by atoms with van der Waals surface area (Å²) < 4.78 is 5.61. The van der Waals surface area contributed by atoms with Crippen LogP contribution in [-0.2, 0) is 32.5 Å². The molecule has 77 heavy (non-hydrogen) atoms. The van der Waals surface area contributed by atoms with E-state index in [1.807, 2.05) is 11.3 Å². The number of rotatable bonds is 4. The molecule has 0 N–H and O–H groups in total. The van der Waals surface area contributed by atoms with Crippen LogP contribution < -0.4 is 25.5 Å². The van der Waals surface area contributed by atoms with E-state index in [0.717, 1.165) is 6.42 Å². The average Bonchev–Trinajstić information content (AvgIpc) is 4.18. The minimum Gasteiger partial charge on any atom is -0.311 e. The van der Waals surface area contributed by atoms with Crippen LogP contribution in [0.3, 0.4) is 0 Å². The number of hydrogen-bond donors (Lipinski definition) is 0. The summed E-state index contributed by atoms with van der Waals surface area (Å²) >= 11 is 4.06. The van der Waals surface area contributed by atoms with E-state index in [4.69, 9.17) is 0 Å². The Bertz CT molecular complexity index is 4000. The highest BCUT2D eigenvalue weighted by Gasteiger charge is 2.49. The molecular formula is C72H77BN2S2. The first kappa shape index (κ1) is 49.7. The van der Waals surface area contributed by atoms with Gasteiger partial charge < -0.3 is 9.80 Å². The maximum atomic E-state index is 2.77. The van der Waals surface area contributed by atoms with E-state index in [1.165, 1.54) is 168 Å². The van der Waals surface area contributed by atoms with Gasteiger partial charge in [0.25, 0.3) is 6.71 Å². The third-order valence-electron chi connectivity index (χ3n) is 20.4. The first-order valence-electron chi connectivity index (χ1n) is 29.1. The number of nitrogens with zero attached hydrogens (tertiary/aromatic N) is 2. The zero-order valence-corrected chi connectivity index (χ0v) is 50.2. The Balaban J connectivity index is 1.14. The van der Waals surface area contributed by atoms with Gasteiger partial charge in [0.1, 0.15) is 0 Å². The number of fused-ring (bicyclic) bond motifs is 12. The fourth-order valence-corrected chi connectivity index (χ4v) is 17.7. The van der Waals surface area contributed by atoms with Crippen LogP contribution in [0.5, 0.6) is 0 Å². The summed E-state index contributed by atoms with van der Waals surface area (Å²) in [5, 5.41) is 4.14. The Morgan fingerprint density at radius 3 is 1.62 bits per heavy atom. The van der Waals surface area contributed by atoms with Crippen molar-refractivity contribution in [3.63, 3.8) is 0 Å². The van der Waals surface area contributed by atoms with Gasteiger partial charge in [0.2, 0.25) is 0 Å². The molecule has 0 amide bonds. The summed E-state index contributed by atoms with van der Waals surface area (Å²) in [7, 11) is 0. The summed E-state index contributed by atoms with van der Waals surface area (Å²) in [6, 6.07) is 47.3. The van der Waals surface area contributed by atoms with Crippen molar-refractivity contribution in [2.75, 3.05) is 9.80 Å². The number of aryl methyl sites for hydroxylation is 1. The zero-order chi connectivity index (χ0) is 53.8. The van der Waals surface area contributed by atoms with Crippen molar-refractivity contribution in [3.8, 4) is 11.1 Å². The second-order valence-electron chi connectivity index (χ2n) is 28.8. The van der Waals surface area contributed by atoms with Gasteiger partial charge >= 0.3 is 0 Å². The molecule has 0 atom stereocenters. The fourth-order valence-electron chi connectivity index (χ4n) is 15.2. The lowest BCUT2D eigenvalue weighted by Crippen LogP contribution is -2.60. The molecule has 0 radical (unpaired) electrons. The van der Waals surface area contributed by atoms with Crippen LogP contribution in [0.2, 0.25) is 0 Å². The van der Waals surface area contributed by atoms with Gasteiger partial charge in [-0.05, 0) is 218 Å². The van der Waals surface area contributed by atoms with Crippen molar-refractivity contribution in [1.29, 1.82) is 0 Å². The second kappa shape index (κ2) is 16.3. The molecule has 2 nitrogen and oxygen atoms in total. The van der Waals surface area contributed by atoms with E-state index in [0.29, 0.717) is 5.92 Å². The molecular weight excluding hydrogens is 968 g/mol. The second-order valence-corrected chi connectivity index (χ2v) is 30.9. The van der Waals surface area contributed by atoms with Gasteiger partial charge in [-0.25, -0.2) is 0 Å². The van der Waals surface area contributed by atoms with Gasteiger partial charge in [-0.1, -0.05) is 139 Å². The van der Waals surface area contributed by atoms with Crippen LogP contribution in [0.25, 0.3) is 41.4 Å². The summed E-state index contributed by atoms with van der Waals surface area (Å²) in [6.45, 7) is 36.9. The molecule has 5 heteroatoms. The Hall–Kier alpha value is -5.62. The molecule has 9 aromatic rings. The Morgan fingerprint density at radius 1 is 0.442 bits per heavy atom. The van der Waals surface area contributed by atoms with Crippen LogP contribution in [0.1, 0.15) is 186 Å². The smallest absolute Gasteiger partial charge is 0.264 e. The molecule has 0 saturated carbocycles. The molecule has 7 aromatic carbocycles. The standard InChI is InChI=1S/C72H77BN2S2/c1-41(2)44-21-24-61-47(33-44)48-37-58-56(40-63(48)76-61)73-64-59(31-42(3)32-60(64)75(58)57-38-54-52(69(8,9)27-29-71(54,12)13)35-46(57)43-19-17-16-18-20-43)74(45-22-23-50-51(34-45)68(6,7)26-25-67(50,4)5)65-49-36-53-55(39-62(49)77-66(65)73)72(14,15)30-28-70(53,10)11/h16-24,31-41H,25-30H2,1-15H3. The van der Waals surface area contributed by atoms with Crippen molar-refractivity contribution in [2.24, 2.45) is 0 Å². The molecule has 0 unspecified atom stereocenters. The van der Waals surface area contributed by atoms with E-state index < -0.39 is 0 Å². The predicted molar refractivity (Wildman–Crippen MR) is 339 cm³/mol. The maximum Gasteiger partial charge on any atom is 0.264 e. The molecule has 3 aliphatic carbocycles. The molecule has 5 aliphatic rings. The first-order valence-corrected chi connectivity index (χ1v) is 30.7. The lowest BCUT2D eigenvalue weighted by atomic mass is 9.36. The molecule has 0 bridgehead atoms. The van der Waals surface area contributed by atoms with E-state index in [1.54, 1.807) is 0 Å². The highest BCUT2D eigenvalue weighted by atomic mass is 32.1. The van der Waals surface area contributed by atoms with E-state index in [2.05, 4.69) is 240 Å². The highest BCUT2D eigenvalue weighted by Crippen LogP contribution is 2.57. The van der Waals surface area contributed by atoms with Crippen LogP contribution in [0.4, 0.5) is 34.1 Å². The van der Waals surface area contributed by atoms with Gasteiger partial charge in [-0.2, -0.15) is 0 Å². The number of hydrogen-bond acceptors (Lipinski definition) is 4. The van der Waals surface area contributed by atoms with Gasteiger partial charge in [0, 0.05) is 63.3 Å². The molecule has 0 spiro atoms. The maximum absolute atomic E-state index is 2.77. The van der Waals surface area contributed by atoms with Crippen molar-refractivity contribution in [2.45, 2.75) is 181 Å². The number of thiophene rings is 2. The van der Waals surface area contributed by atoms with Crippen LogP contribution in [-0.4, -0.2) is 6.71 Å². The Morgan fingerprint density at radius 2 is 0.987 bits per heavy atom. The summed E-state index contributed by atoms with van der Waals surface area (Å²) in [5.41, 5.74) is 25.4. The van der Waals surface area contributed by atoms with Gasteiger partial charge in [-0.3, -0.25) is 0 Å². The molecule has 390 valence electrons. The Kier molecular flexibility index (Phi) is 10.5.